The number of carbonyl (C=O) groups is 1. The fourth-order valence-electron chi connectivity index (χ4n) is 1.65. The van der Waals surface area contributed by atoms with Crippen LogP contribution in [0.25, 0.3) is 0 Å². The van der Waals surface area contributed by atoms with Crippen molar-refractivity contribution in [2.24, 2.45) is 11.7 Å². The molecule has 0 spiro atoms. The number of anilines is 1. The average molecular weight is 222 g/mol. The molecule has 0 saturated carbocycles. The van der Waals surface area contributed by atoms with Crippen molar-refractivity contribution in [1.82, 2.24) is 5.01 Å². The van der Waals surface area contributed by atoms with Crippen LogP contribution in [0.4, 0.5) is 10.5 Å². The molecule has 0 radical (unpaired) electrons. The number of benzene rings is 1. The van der Waals surface area contributed by atoms with E-state index in [1.165, 1.54) is 7.05 Å². The van der Waals surface area contributed by atoms with Crippen molar-refractivity contribution in [3.8, 4) is 0 Å². The number of hydrazine groups is 2. The van der Waals surface area contributed by atoms with E-state index in [2.05, 4.69) is 0 Å². The summed E-state index contributed by atoms with van der Waals surface area (Å²) < 4.78 is 0. The molecule has 16 heavy (non-hydrogen) atoms. The zero-order chi connectivity index (χ0) is 12.3. The summed E-state index contributed by atoms with van der Waals surface area (Å²) in [6.45, 7) is 4.02. The highest BCUT2D eigenvalue weighted by molar-refractivity contribution is 5.91. The molecule has 0 heterocycles. The second-order valence-electron chi connectivity index (χ2n) is 3.69. The van der Waals surface area contributed by atoms with Gasteiger partial charge in [-0.05, 0) is 30.5 Å². The lowest BCUT2D eigenvalue weighted by atomic mass is 10.0. The van der Waals surface area contributed by atoms with Crippen LogP contribution in [0.3, 0.4) is 0 Å². The quantitative estimate of drug-likeness (QED) is 0.448. The van der Waals surface area contributed by atoms with E-state index in [9.17, 15) is 4.79 Å². The minimum Gasteiger partial charge on any atom is -0.264 e. The van der Waals surface area contributed by atoms with E-state index in [0.29, 0.717) is 5.69 Å². The molecule has 0 fully saturated rings. The van der Waals surface area contributed by atoms with Crippen LogP contribution in [-0.2, 0) is 6.42 Å². The minimum absolute atomic E-state index is 0.444. The maximum atomic E-state index is 11.6. The zero-order valence-corrected chi connectivity index (χ0v) is 9.90. The van der Waals surface area contributed by atoms with Crippen LogP contribution in [0.15, 0.2) is 18.2 Å². The lowest BCUT2D eigenvalue weighted by Gasteiger charge is -2.23. The number of nitrogens with two attached hydrogens (primary N) is 2. The SMILES string of the molecule is CCc1c(C)cccc1N(N)C(=O)N(C)N. The number of hydrogen-bond acceptors (Lipinski definition) is 3. The van der Waals surface area contributed by atoms with Gasteiger partial charge in [0.25, 0.3) is 0 Å². The molecule has 0 aromatic heterocycles. The molecule has 0 unspecified atom stereocenters. The first kappa shape index (κ1) is 12.5. The van der Waals surface area contributed by atoms with Crippen LogP contribution in [0.1, 0.15) is 18.1 Å². The van der Waals surface area contributed by atoms with E-state index in [-0.39, 0.29) is 0 Å². The summed E-state index contributed by atoms with van der Waals surface area (Å²) in [6, 6.07) is 5.23. The standard InChI is InChI=1S/C11H18N4O/c1-4-9-8(2)6-5-7-10(9)15(13)11(16)14(3)12/h5-7H,4,12-13H2,1-3H3. The molecule has 1 aromatic rings. The van der Waals surface area contributed by atoms with Crippen LogP contribution < -0.4 is 16.7 Å². The largest absolute Gasteiger partial charge is 0.352 e. The second kappa shape index (κ2) is 4.96. The lowest BCUT2D eigenvalue weighted by Crippen LogP contribution is -2.49. The zero-order valence-electron chi connectivity index (χ0n) is 9.90. The van der Waals surface area contributed by atoms with Crippen molar-refractivity contribution in [3.63, 3.8) is 0 Å². The van der Waals surface area contributed by atoms with Gasteiger partial charge >= 0.3 is 6.03 Å². The third-order valence-electron chi connectivity index (χ3n) is 2.51. The normalized spacial score (nSPS) is 10.1. The Kier molecular flexibility index (Phi) is 3.87. The Morgan fingerprint density at radius 3 is 2.50 bits per heavy atom. The van der Waals surface area contributed by atoms with E-state index < -0.39 is 6.03 Å². The van der Waals surface area contributed by atoms with Gasteiger partial charge in [-0.15, -0.1) is 0 Å². The second-order valence-corrected chi connectivity index (χ2v) is 3.69. The van der Waals surface area contributed by atoms with Crippen molar-refractivity contribution in [2.75, 3.05) is 12.1 Å². The first-order valence-electron chi connectivity index (χ1n) is 5.14. The van der Waals surface area contributed by atoms with Crippen LogP contribution >= 0.6 is 0 Å². The Morgan fingerprint density at radius 1 is 1.38 bits per heavy atom. The molecular formula is C11H18N4O. The Hall–Kier alpha value is -1.59. The molecule has 0 aliphatic carbocycles. The predicted molar refractivity (Wildman–Crippen MR) is 64.6 cm³/mol. The summed E-state index contributed by atoms with van der Waals surface area (Å²) >= 11 is 0. The van der Waals surface area contributed by atoms with Gasteiger partial charge in [0.2, 0.25) is 0 Å². The van der Waals surface area contributed by atoms with Crippen molar-refractivity contribution in [1.29, 1.82) is 0 Å². The van der Waals surface area contributed by atoms with Gasteiger partial charge in [0.1, 0.15) is 0 Å². The van der Waals surface area contributed by atoms with Gasteiger partial charge in [-0.25, -0.2) is 21.5 Å². The highest BCUT2D eigenvalue weighted by Gasteiger charge is 2.17. The third-order valence-corrected chi connectivity index (χ3v) is 2.51. The summed E-state index contributed by atoms with van der Waals surface area (Å²) in [4.78, 5) is 11.6. The Labute approximate surface area is 95.6 Å². The highest BCUT2D eigenvalue weighted by Crippen LogP contribution is 2.22. The van der Waals surface area contributed by atoms with Crippen LogP contribution in [0.5, 0.6) is 0 Å². The number of aryl methyl sites for hydroxylation is 1. The third kappa shape index (κ3) is 2.32. The summed E-state index contributed by atoms with van der Waals surface area (Å²) in [5, 5.41) is 2.04. The molecule has 1 rings (SSSR count). The predicted octanol–water partition coefficient (Wildman–Crippen LogP) is 1.16. The molecule has 0 atom stereocenters. The monoisotopic (exact) mass is 222 g/mol. The summed E-state index contributed by atoms with van der Waals surface area (Å²) in [6.07, 6.45) is 0.817. The molecule has 2 amide bonds. The van der Waals surface area contributed by atoms with Crippen molar-refractivity contribution < 1.29 is 4.79 Å². The average Bonchev–Trinajstić information content (AvgIpc) is 2.26. The highest BCUT2D eigenvalue weighted by atomic mass is 16.2. The number of urea groups is 1. The lowest BCUT2D eigenvalue weighted by molar-refractivity contribution is 0.216. The van der Waals surface area contributed by atoms with E-state index in [0.717, 1.165) is 27.6 Å². The smallest absolute Gasteiger partial charge is 0.264 e. The van der Waals surface area contributed by atoms with Gasteiger partial charge in [-0.3, -0.25) is 5.01 Å². The number of nitrogens with zero attached hydrogens (tertiary/aromatic N) is 2. The number of rotatable bonds is 2. The molecule has 0 aliphatic heterocycles. The maximum absolute atomic E-state index is 11.6. The molecule has 88 valence electrons. The minimum atomic E-state index is -0.444. The van der Waals surface area contributed by atoms with E-state index >= 15 is 0 Å². The Morgan fingerprint density at radius 2 is 2.00 bits per heavy atom. The molecule has 0 aliphatic rings. The van der Waals surface area contributed by atoms with Gasteiger partial charge in [-0.1, -0.05) is 19.1 Å². The van der Waals surface area contributed by atoms with E-state index in [1.54, 1.807) is 0 Å². The fraction of sp³-hybridized carbons (Fsp3) is 0.364. The molecule has 0 saturated heterocycles. The number of amides is 2. The van der Waals surface area contributed by atoms with Crippen molar-refractivity contribution in [2.45, 2.75) is 20.3 Å². The Balaban J connectivity index is 3.13. The van der Waals surface area contributed by atoms with Gasteiger partial charge in [0.15, 0.2) is 0 Å². The first-order valence-corrected chi connectivity index (χ1v) is 5.14. The summed E-state index contributed by atoms with van der Waals surface area (Å²) in [7, 11) is 1.46. The molecular weight excluding hydrogens is 204 g/mol. The van der Waals surface area contributed by atoms with Gasteiger partial charge in [0, 0.05) is 7.05 Å². The summed E-state index contributed by atoms with van der Waals surface area (Å²) in [5.41, 5.74) is 2.87. The topological polar surface area (TPSA) is 75.6 Å². The van der Waals surface area contributed by atoms with Gasteiger partial charge in [-0.2, -0.15) is 0 Å². The molecule has 0 bridgehead atoms. The maximum Gasteiger partial charge on any atom is 0.352 e. The molecule has 4 N–H and O–H groups in total. The molecule has 1 aromatic carbocycles. The van der Waals surface area contributed by atoms with Gasteiger partial charge in [0.05, 0.1) is 5.69 Å². The van der Waals surface area contributed by atoms with E-state index in [1.807, 2.05) is 32.0 Å². The fourth-order valence-corrected chi connectivity index (χ4v) is 1.65. The van der Waals surface area contributed by atoms with Crippen LogP contribution in [0, 0.1) is 6.92 Å². The molecule has 5 nitrogen and oxygen atoms in total. The molecule has 5 heteroatoms. The van der Waals surface area contributed by atoms with Crippen molar-refractivity contribution >= 4 is 11.7 Å². The van der Waals surface area contributed by atoms with Gasteiger partial charge < -0.3 is 0 Å². The first-order chi connectivity index (χ1) is 7.49. The number of hydrogen-bond donors (Lipinski definition) is 2. The van der Waals surface area contributed by atoms with Crippen LogP contribution in [0.2, 0.25) is 0 Å². The summed E-state index contributed by atoms with van der Waals surface area (Å²) in [5.74, 6) is 11.1. The van der Waals surface area contributed by atoms with Crippen molar-refractivity contribution in [3.05, 3.63) is 29.3 Å². The Bertz CT molecular complexity index is 390. The van der Waals surface area contributed by atoms with Crippen LogP contribution in [-0.4, -0.2) is 18.1 Å². The van der Waals surface area contributed by atoms with E-state index in [4.69, 9.17) is 11.7 Å². The number of carbonyl (C=O) groups excluding carboxylic acids is 1.